The molecule has 1 saturated heterocycles. The molecule has 0 aliphatic carbocycles. The molecule has 4 amide bonds. The van der Waals surface area contributed by atoms with Gasteiger partial charge >= 0.3 is 0 Å². The SMILES string of the molecule is CC(C)C(=O)Nc1ccc(NC(=O)CCCN2C(=O)c3ccccc3N3C(=O)CCC23C)cc1. The lowest BCUT2D eigenvalue weighted by Gasteiger charge is -2.48. The molecule has 1 unspecified atom stereocenters. The highest BCUT2D eigenvalue weighted by atomic mass is 16.2. The minimum atomic E-state index is -0.713. The number of amides is 4. The molecule has 0 bridgehead atoms. The zero-order valence-corrected chi connectivity index (χ0v) is 19.8. The first kappa shape index (κ1) is 23.5. The van der Waals surface area contributed by atoms with Gasteiger partial charge in [-0.1, -0.05) is 26.0 Å². The summed E-state index contributed by atoms with van der Waals surface area (Å²) in [5, 5.41) is 5.66. The Balaban J connectivity index is 1.36. The standard InChI is InChI=1S/C26H30N4O4/c1-17(2)24(33)28-19-12-10-18(11-13-19)27-22(31)9-6-16-29-25(34)20-7-4-5-8-21(20)30-23(32)14-15-26(29,30)3/h4-5,7-8,10-13,17H,6,9,14-16H2,1-3H3,(H,27,31)(H,28,33). The van der Waals surface area contributed by atoms with Gasteiger partial charge in [-0.05, 0) is 56.2 Å². The molecule has 4 rings (SSSR count). The predicted molar refractivity (Wildman–Crippen MR) is 130 cm³/mol. The van der Waals surface area contributed by atoms with Gasteiger partial charge in [-0.3, -0.25) is 24.1 Å². The molecule has 34 heavy (non-hydrogen) atoms. The van der Waals surface area contributed by atoms with Gasteiger partial charge in [0.1, 0.15) is 5.66 Å². The number of para-hydroxylation sites is 1. The highest BCUT2D eigenvalue weighted by molar-refractivity contribution is 6.10. The molecule has 8 heteroatoms. The van der Waals surface area contributed by atoms with Gasteiger partial charge < -0.3 is 15.5 Å². The number of carbonyl (C=O) groups excluding carboxylic acids is 4. The van der Waals surface area contributed by atoms with Gasteiger partial charge in [0, 0.05) is 36.7 Å². The highest BCUT2D eigenvalue weighted by Crippen LogP contribution is 2.44. The molecule has 0 radical (unpaired) electrons. The van der Waals surface area contributed by atoms with Gasteiger partial charge in [0.25, 0.3) is 5.91 Å². The molecular formula is C26H30N4O4. The van der Waals surface area contributed by atoms with E-state index in [1.54, 1.807) is 46.2 Å². The number of nitrogens with one attached hydrogen (secondary N) is 2. The Kier molecular flexibility index (Phi) is 6.41. The number of anilines is 3. The van der Waals surface area contributed by atoms with E-state index < -0.39 is 5.66 Å². The quantitative estimate of drug-likeness (QED) is 0.650. The van der Waals surface area contributed by atoms with Gasteiger partial charge in [-0.2, -0.15) is 0 Å². The first-order valence-electron chi connectivity index (χ1n) is 11.7. The van der Waals surface area contributed by atoms with Gasteiger partial charge in [-0.25, -0.2) is 0 Å². The van der Waals surface area contributed by atoms with Crippen LogP contribution in [0.1, 0.15) is 56.8 Å². The minimum absolute atomic E-state index is 0.0122. The summed E-state index contributed by atoms with van der Waals surface area (Å²) in [4.78, 5) is 53.6. The summed E-state index contributed by atoms with van der Waals surface area (Å²) in [5.41, 5.74) is 1.78. The Labute approximate surface area is 199 Å². The molecule has 2 aromatic carbocycles. The third kappa shape index (κ3) is 4.40. The molecule has 8 nitrogen and oxygen atoms in total. The van der Waals surface area contributed by atoms with Crippen molar-refractivity contribution in [2.45, 2.75) is 52.1 Å². The average Bonchev–Trinajstić information content (AvgIpc) is 3.12. The molecule has 1 fully saturated rings. The summed E-state index contributed by atoms with van der Waals surface area (Å²) in [7, 11) is 0. The second-order valence-electron chi connectivity index (χ2n) is 9.29. The molecule has 1 atom stereocenters. The van der Waals surface area contributed by atoms with Gasteiger partial charge in [0.15, 0.2) is 0 Å². The normalized spacial score (nSPS) is 19.2. The molecule has 2 aromatic rings. The van der Waals surface area contributed by atoms with Crippen molar-refractivity contribution < 1.29 is 19.2 Å². The summed E-state index contributed by atoms with van der Waals surface area (Å²) in [5.74, 6) is -0.436. The summed E-state index contributed by atoms with van der Waals surface area (Å²) < 4.78 is 0. The van der Waals surface area contributed by atoms with E-state index in [4.69, 9.17) is 0 Å². The second-order valence-corrected chi connectivity index (χ2v) is 9.29. The molecule has 0 saturated carbocycles. The van der Waals surface area contributed by atoms with Crippen LogP contribution < -0.4 is 15.5 Å². The van der Waals surface area contributed by atoms with Crippen molar-refractivity contribution in [1.29, 1.82) is 0 Å². The first-order chi connectivity index (χ1) is 16.2. The summed E-state index contributed by atoms with van der Waals surface area (Å²) in [6, 6.07) is 14.2. The predicted octanol–water partition coefficient (Wildman–Crippen LogP) is 4.00. The number of fused-ring (bicyclic) bond motifs is 3. The van der Waals surface area contributed by atoms with E-state index in [2.05, 4.69) is 10.6 Å². The maximum Gasteiger partial charge on any atom is 0.257 e. The van der Waals surface area contributed by atoms with E-state index in [9.17, 15) is 19.2 Å². The van der Waals surface area contributed by atoms with Crippen molar-refractivity contribution >= 4 is 40.7 Å². The fourth-order valence-electron chi connectivity index (χ4n) is 4.59. The van der Waals surface area contributed by atoms with Crippen LogP contribution in [-0.2, 0) is 14.4 Å². The number of rotatable bonds is 7. The number of nitrogens with zero attached hydrogens (tertiary/aromatic N) is 2. The minimum Gasteiger partial charge on any atom is -0.326 e. The Morgan fingerprint density at radius 2 is 1.65 bits per heavy atom. The molecular weight excluding hydrogens is 432 g/mol. The lowest BCUT2D eigenvalue weighted by atomic mass is 9.98. The van der Waals surface area contributed by atoms with Crippen molar-refractivity contribution in [3.05, 3.63) is 54.1 Å². The molecule has 2 aliphatic heterocycles. The van der Waals surface area contributed by atoms with E-state index in [0.29, 0.717) is 48.4 Å². The van der Waals surface area contributed by atoms with Gasteiger partial charge in [0.2, 0.25) is 17.7 Å². The van der Waals surface area contributed by atoms with Crippen LogP contribution in [-0.4, -0.2) is 40.7 Å². The first-order valence-corrected chi connectivity index (χ1v) is 11.7. The van der Waals surface area contributed by atoms with Crippen LogP contribution in [0.5, 0.6) is 0 Å². The number of hydrogen-bond donors (Lipinski definition) is 2. The van der Waals surface area contributed by atoms with Crippen LogP contribution in [0.25, 0.3) is 0 Å². The van der Waals surface area contributed by atoms with Crippen LogP contribution in [0.4, 0.5) is 17.1 Å². The summed E-state index contributed by atoms with van der Waals surface area (Å²) >= 11 is 0. The number of hydrogen-bond acceptors (Lipinski definition) is 4. The average molecular weight is 463 g/mol. The Morgan fingerprint density at radius 3 is 2.32 bits per heavy atom. The smallest absolute Gasteiger partial charge is 0.257 e. The van der Waals surface area contributed by atoms with Crippen molar-refractivity contribution in [3.63, 3.8) is 0 Å². The second kappa shape index (κ2) is 9.29. The third-order valence-corrected chi connectivity index (χ3v) is 6.49. The van der Waals surface area contributed by atoms with E-state index >= 15 is 0 Å². The van der Waals surface area contributed by atoms with Crippen molar-refractivity contribution in [2.75, 3.05) is 22.1 Å². The van der Waals surface area contributed by atoms with Crippen LogP contribution >= 0.6 is 0 Å². The van der Waals surface area contributed by atoms with Crippen LogP contribution in [0.2, 0.25) is 0 Å². The maximum atomic E-state index is 13.2. The van der Waals surface area contributed by atoms with E-state index in [1.165, 1.54) is 0 Å². The highest BCUT2D eigenvalue weighted by Gasteiger charge is 2.52. The van der Waals surface area contributed by atoms with Crippen molar-refractivity contribution in [3.8, 4) is 0 Å². The monoisotopic (exact) mass is 462 g/mol. The molecule has 0 spiro atoms. The Bertz CT molecular complexity index is 1130. The maximum absolute atomic E-state index is 13.2. The van der Waals surface area contributed by atoms with Crippen LogP contribution in [0.15, 0.2) is 48.5 Å². The zero-order chi connectivity index (χ0) is 24.5. The lowest BCUT2D eigenvalue weighted by Crippen LogP contribution is -2.62. The van der Waals surface area contributed by atoms with E-state index in [0.717, 1.165) is 0 Å². The fourth-order valence-corrected chi connectivity index (χ4v) is 4.59. The fraction of sp³-hybridized carbons (Fsp3) is 0.385. The summed E-state index contributed by atoms with van der Waals surface area (Å²) in [6.07, 6.45) is 1.67. The molecule has 2 heterocycles. The molecule has 2 aliphatic rings. The third-order valence-electron chi connectivity index (χ3n) is 6.49. The largest absolute Gasteiger partial charge is 0.326 e. The lowest BCUT2D eigenvalue weighted by molar-refractivity contribution is -0.119. The van der Waals surface area contributed by atoms with Crippen molar-refractivity contribution in [1.82, 2.24) is 4.90 Å². The van der Waals surface area contributed by atoms with Crippen molar-refractivity contribution in [2.24, 2.45) is 5.92 Å². The molecule has 178 valence electrons. The van der Waals surface area contributed by atoms with Crippen LogP contribution in [0, 0.1) is 5.92 Å². The molecule has 2 N–H and O–H groups in total. The van der Waals surface area contributed by atoms with Gasteiger partial charge in [0.05, 0.1) is 11.3 Å². The van der Waals surface area contributed by atoms with E-state index in [1.807, 2.05) is 32.9 Å². The number of benzene rings is 2. The Hall–Kier alpha value is -3.68. The van der Waals surface area contributed by atoms with E-state index in [-0.39, 0.29) is 36.0 Å². The summed E-state index contributed by atoms with van der Waals surface area (Å²) in [6.45, 7) is 5.94. The zero-order valence-electron chi connectivity index (χ0n) is 19.8. The number of carbonyl (C=O) groups is 4. The van der Waals surface area contributed by atoms with Crippen LogP contribution in [0.3, 0.4) is 0 Å². The van der Waals surface area contributed by atoms with Gasteiger partial charge in [-0.15, -0.1) is 0 Å². The molecule has 0 aromatic heterocycles. The Morgan fingerprint density at radius 1 is 1.00 bits per heavy atom. The topological polar surface area (TPSA) is 98.8 Å².